The number of thioether (sulfide) groups is 1. The fourth-order valence-electron chi connectivity index (χ4n) is 3.93. The van der Waals surface area contributed by atoms with E-state index in [1.165, 1.54) is 6.42 Å². The molecule has 33 heavy (non-hydrogen) atoms. The van der Waals surface area contributed by atoms with Crippen LogP contribution in [0.3, 0.4) is 0 Å². The van der Waals surface area contributed by atoms with Crippen molar-refractivity contribution in [2.45, 2.75) is 62.3 Å². The van der Waals surface area contributed by atoms with Crippen LogP contribution in [0.25, 0.3) is 0 Å². The van der Waals surface area contributed by atoms with Gasteiger partial charge in [-0.3, -0.25) is 19.2 Å². The Balaban J connectivity index is 2.08. The van der Waals surface area contributed by atoms with Gasteiger partial charge in [-0.2, -0.15) is 11.8 Å². The average molecular weight is 480 g/mol. The van der Waals surface area contributed by atoms with Crippen LogP contribution in [0.5, 0.6) is 0 Å². The lowest BCUT2D eigenvalue weighted by molar-refractivity contribution is -0.139. The third-order valence-electron chi connectivity index (χ3n) is 5.71. The van der Waals surface area contributed by atoms with Gasteiger partial charge in [0.15, 0.2) is 0 Å². The summed E-state index contributed by atoms with van der Waals surface area (Å²) in [5, 5.41) is 22.9. The highest BCUT2D eigenvalue weighted by Crippen LogP contribution is 2.43. The Labute approximate surface area is 197 Å². The summed E-state index contributed by atoms with van der Waals surface area (Å²) in [7, 11) is 0. The molecule has 0 aliphatic heterocycles. The molecule has 1 unspecified atom stereocenters. The number of rotatable bonds is 13. The summed E-state index contributed by atoms with van der Waals surface area (Å²) in [6.45, 7) is -0.551. The highest BCUT2D eigenvalue weighted by molar-refractivity contribution is 7.99. The molecule has 0 spiro atoms. The smallest absolute Gasteiger partial charge is 0.322 e. The predicted molar refractivity (Wildman–Crippen MR) is 126 cm³/mol. The number of carboxylic acids is 2. The summed E-state index contributed by atoms with van der Waals surface area (Å²) in [4.78, 5) is 46.8. The van der Waals surface area contributed by atoms with E-state index in [0.717, 1.165) is 31.2 Å². The van der Waals surface area contributed by atoms with Crippen LogP contribution in [0, 0.1) is 5.92 Å². The van der Waals surface area contributed by atoms with Gasteiger partial charge >= 0.3 is 11.9 Å². The largest absolute Gasteiger partial charge is 0.480 e. The number of aliphatic carboxylic acids is 2. The molecule has 1 aliphatic carbocycles. The summed E-state index contributed by atoms with van der Waals surface area (Å²) in [6, 6.07) is 7.94. The van der Waals surface area contributed by atoms with Gasteiger partial charge in [0.2, 0.25) is 11.8 Å². The molecule has 1 fully saturated rings. The second-order valence-corrected chi connectivity index (χ2v) is 9.45. The Hall–Kier alpha value is -2.59. The van der Waals surface area contributed by atoms with Crippen molar-refractivity contribution in [3.63, 3.8) is 0 Å². The summed E-state index contributed by atoms with van der Waals surface area (Å²) in [6.07, 6.45) is 5.54. The van der Waals surface area contributed by atoms with E-state index >= 15 is 0 Å². The van der Waals surface area contributed by atoms with E-state index in [9.17, 15) is 19.2 Å². The lowest BCUT2D eigenvalue weighted by Crippen LogP contribution is -2.49. The van der Waals surface area contributed by atoms with Crippen molar-refractivity contribution in [2.24, 2.45) is 11.7 Å². The first kappa shape index (κ1) is 26.7. The maximum atomic E-state index is 12.6. The van der Waals surface area contributed by atoms with Gasteiger partial charge in [-0.1, -0.05) is 49.6 Å². The molecule has 0 saturated heterocycles. The predicted octanol–water partition coefficient (Wildman–Crippen LogP) is 1.92. The molecule has 6 N–H and O–H groups in total. The van der Waals surface area contributed by atoms with Crippen LogP contribution in [-0.4, -0.2) is 58.3 Å². The fourth-order valence-corrected chi connectivity index (χ4v) is 5.46. The second kappa shape index (κ2) is 13.8. The van der Waals surface area contributed by atoms with Crippen molar-refractivity contribution in [1.82, 2.24) is 10.6 Å². The van der Waals surface area contributed by atoms with Crippen LogP contribution in [-0.2, 0) is 19.2 Å². The third kappa shape index (κ3) is 9.43. The number of carboxylic acid groups (broad SMARTS) is 2. The first-order chi connectivity index (χ1) is 15.8. The molecular formula is C23H33N3O6S. The van der Waals surface area contributed by atoms with Crippen LogP contribution in [0.2, 0.25) is 0 Å². The minimum absolute atomic E-state index is 0.0630. The van der Waals surface area contributed by atoms with E-state index < -0.39 is 42.4 Å². The number of benzene rings is 1. The summed E-state index contributed by atoms with van der Waals surface area (Å²) in [5.74, 6) is -2.76. The van der Waals surface area contributed by atoms with Crippen molar-refractivity contribution in [3.8, 4) is 0 Å². The van der Waals surface area contributed by atoms with E-state index in [2.05, 4.69) is 22.8 Å². The molecule has 182 valence electrons. The van der Waals surface area contributed by atoms with Gasteiger partial charge in [0.25, 0.3) is 0 Å². The van der Waals surface area contributed by atoms with Crippen molar-refractivity contribution in [2.75, 3.05) is 12.3 Å². The Morgan fingerprint density at radius 2 is 1.73 bits per heavy atom. The molecule has 1 aromatic carbocycles. The Morgan fingerprint density at radius 3 is 2.33 bits per heavy atom. The highest BCUT2D eigenvalue weighted by atomic mass is 32.2. The van der Waals surface area contributed by atoms with Gasteiger partial charge < -0.3 is 26.6 Å². The summed E-state index contributed by atoms with van der Waals surface area (Å²) < 4.78 is 0. The van der Waals surface area contributed by atoms with E-state index in [-0.39, 0.29) is 23.8 Å². The maximum Gasteiger partial charge on any atom is 0.322 e. The van der Waals surface area contributed by atoms with Crippen molar-refractivity contribution < 1.29 is 29.4 Å². The lowest BCUT2D eigenvalue weighted by atomic mass is 9.84. The van der Waals surface area contributed by atoms with Crippen molar-refractivity contribution in [3.05, 3.63) is 35.9 Å². The first-order valence-corrected chi connectivity index (χ1v) is 12.3. The second-order valence-electron chi connectivity index (χ2n) is 8.28. The topological polar surface area (TPSA) is 159 Å². The number of carbonyl (C=O) groups excluding carboxylic acids is 2. The van der Waals surface area contributed by atoms with Gasteiger partial charge in [0, 0.05) is 17.4 Å². The molecule has 1 aromatic rings. The van der Waals surface area contributed by atoms with Gasteiger partial charge in [-0.05, 0) is 30.7 Å². The summed E-state index contributed by atoms with van der Waals surface area (Å²) in [5.41, 5.74) is 6.62. The van der Waals surface area contributed by atoms with Crippen LogP contribution >= 0.6 is 11.8 Å². The van der Waals surface area contributed by atoms with Gasteiger partial charge in [0.05, 0.1) is 0 Å². The van der Waals surface area contributed by atoms with Crippen molar-refractivity contribution in [1.29, 1.82) is 0 Å². The number of hydrogen-bond donors (Lipinski definition) is 5. The van der Waals surface area contributed by atoms with Crippen LogP contribution in [0.4, 0.5) is 0 Å². The molecule has 0 bridgehead atoms. The number of nitrogens with two attached hydrogens (primary N) is 1. The summed E-state index contributed by atoms with van der Waals surface area (Å²) >= 11 is 1.58. The monoisotopic (exact) mass is 479 g/mol. The number of carbonyl (C=O) groups is 4. The molecule has 2 amide bonds. The van der Waals surface area contributed by atoms with Crippen LogP contribution in [0.1, 0.15) is 55.8 Å². The van der Waals surface area contributed by atoms with E-state index in [1.54, 1.807) is 11.8 Å². The maximum absolute atomic E-state index is 12.6. The number of hydrogen-bond acceptors (Lipinski definition) is 6. The number of amides is 2. The standard InChI is InChI=1S/C23H33N3O6S/c24-17(23(31)32)11-12-19(27)26-18(22(30)25-13-20(28)29)14-33-21(15-7-3-1-4-8-15)16-9-5-2-6-10-16/h1,3-4,7-8,16-18,21H,2,5-6,9-14,24H2,(H,25,30)(H,26,27)(H,28,29)(H,31,32)/t17-,18-,21?/m0/s1. The van der Waals surface area contributed by atoms with E-state index in [0.29, 0.717) is 5.92 Å². The van der Waals surface area contributed by atoms with Crippen LogP contribution < -0.4 is 16.4 Å². The SMILES string of the molecule is N[C@@H](CCC(=O)N[C@@H](CSC(c1ccccc1)C1CCCCC1)C(=O)NCC(=O)O)C(=O)O. The average Bonchev–Trinajstić information content (AvgIpc) is 2.81. The zero-order valence-electron chi connectivity index (χ0n) is 18.6. The van der Waals surface area contributed by atoms with E-state index in [4.69, 9.17) is 15.9 Å². The van der Waals surface area contributed by atoms with Gasteiger partial charge in [0.1, 0.15) is 18.6 Å². The molecular weight excluding hydrogens is 446 g/mol. The molecule has 0 aromatic heterocycles. The third-order valence-corrected chi connectivity index (χ3v) is 7.26. The lowest BCUT2D eigenvalue weighted by Gasteiger charge is -2.31. The minimum atomic E-state index is -1.20. The molecule has 9 nitrogen and oxygen atoms in total. The molecule has 2 rings (SSSR count). The van der Waals surface area contributed by atoms with Gasteiger partial charge in [-0.25, -0.2) is 0 Å². The Bertz CT molecular complexity index is 801. The molecule has 10 heteroatoms. The normalized spacial score (nSPS) is 16.9. The molecule has 1 aliphatic rings. The Kier molecular flexibility index (Phi) is 11.2. The number of nitrogens with one attached hydrogen (secondary N) is 2. The molecule has 0 heterocycles. The van der Waals surface area contributed by atoms with E-state index in [1.807, 2.05) is 18.2 Å². The zero-order chi connectivity index (χ0) is 24.2. The zero-order valence-corrected chi connectivity index (χ0v) is 19.4. The fraction of sp³-hybridized carbons (Fsp3) is 0.565. The van der Waals surface area contributed by atoms with Crippen LogP contribution in [0.15, 0.2) is 30.3 Å². The molecule has 3 atom stereocenters. The minimum Gasteiger partial charge on any atom is -0.480 e. The highest BCUT2D eigenvalue weighted by Gasteiger charge is 2.29. The quantitative estimate of drug-likeness (QED) is 0.287. The van der Waals surface area contributed by atoms with Crippen molar-refractivity contribution >= 4 is 35.5 Å². The molecule has 1 saturated carbocycles. The first-order valence-electron chi connectivity index (χ1n) is 11.2. The Morgan fingerprint density at radius 1 is 1.06 bits per heavy atom. The van der Waals surface area contributed by atoms with Gasteiger partial charge in [-0.15, -0.1) is 0 Å². The molecule has 0 radical (unpaired) electrons.